The Labute approximate surface area is 110 Å². The summed E-state index contributed by atoms with van der Waals surface area (Å²) >= 11 is 0. The molecule has 2 aliphatic rings. The first-order chi connectivity index (χ1) is 9.34. The van der Waals surface area contributed by atoms with Crippen molar-refractivity contribution in [1.29, 1.82) is 0 Å². The molecule has 0 aromatic carbocycles. The maximum absolute atomic E-state index is 12.4. The number of fused-ring (bicyclic) bond motifs is 2. The van der Waals surface area contributed by atoms with Crippen molar-refractivity contribution in [3.8, 4) is 0 Å². The smallest absolute Gasteiger partial charge is 0.282 e. The summed E-state index contributed by atoms with van der Waals surface area (Å²) in [4.78, 5) is 17.1. The molecule has 0 amide bonds. The van der Waals surface area contributed by atoms with Gasteiger partial charge in [-0.1, -0.05) is 12.8 Å². The fraction of sp³-hybridized carbons (Fsp3) is 0.615. The molecule has 1 saturated carbocycles. The minimum atomic E-state index is 0.00185. The normalized spacial score (nSPS) is 20.0. The predicted molar refractivity (Wildman–Crippen MR) is 71.1 cm³/mol. The summed E-state index contributed by atoms with van der Waals surface area (Å²) in [6.07, 6.45) is 4.87. The number of hydrogen-bond acceptors (Lipinski definition) is 4. The Hall–Kier alpha value is -1.69. The molecule has 0 atom stereocenters. The predicted octanol–water partition coefficient (Wildman–Crippen LogP) is 0.880. The van der Waals surface area contributed by atoms with E-state index < -0.39 is 0 Å². The highest BCUT2D eigenvalue weighted by molar-refractivity contribution is 5.76. The van der Waals surface area contributed by atoms with Crippen molar-refractivity contribution in [3.05, 3.63) is 21.9 Å². The standard InChI is InChI=1S/C13H17N5O/c19-13-12-11(15-9-7-14-5-6-18(9)13)10(16-17-12)8-3-1-2-4-8/h8,14H,1-7H2,(H,16,17). The highest BCUT2D eigenvalue weighted by atomic mass is 16.1. The second kappa shape index (κ2) is 4.16. The second-order valence-corrected chi connectivity index (χ2v) is 5.48. The molecule has 6 nitrogen and oxygen atoms in total. The molecular weight excluding hydrogens is 242 g/mol. The summed E-state index contributed by atoms with van der Waals surface area (Å²) in [7, 11) is 0. The molecule has 0 saturated heterocycles. The van der Waals surface area contributed by atoms with Gasteiger partial charge in [0.25, 0.3) is 5.56 Å². The Balaban J connectivity index is 1.93. The fourth-order valence-electron chi connectivity index (χ4n) is 3.30. The van der Waals surface area contributed by atoms with Crippen molar-refractivity contribution in [2.24, 2.45) is 0 Å². The largest absolute Gasteiger partial charge is 0.308 e. The van der Waals surface area contributed by atoms with Crippen LogP contribution in [0.2, 0.25) is 0 Å². The molecule has 19 heavy (non-hydrogen) atoms. The zero-order chi connectivity index (χ0) is 12.8. The van der Waals surface area contributed by atoms with Crippen molar-refractivity contribution in [3.63, 3.8) is 0 Å². The second-order valence-electron chi connectivity index (χ2n) is 5.48. The van der Waals surface area contributed by atoms with Crippen LogP contribution >= 0.6 is 0 Å². The van der Waals surface area contributed by atoms with Gasteiger partial charge in [0.1, 0.15) is 11.3 Å². The van der Waals surface area contributed by atoms with Gasteiger partial charge in [-0.3, -0.25) is 14.5 Å². The monoisotopic (exact) mass is 259 g/mol. The van der Waals surface area contributed by atoms with Gasteiger partial charge in [-0.15, -0.1) is 0 Å². The molecule has 100 valence electrons. The van der Waals surface area contributed by atoms with Gasteiger partial charge in [-0.05, 0) is 12.8 Å². The van der Waals surface area contributed by atoms with Crippen LogP contribution < -0.4 is 10.9 Å². The number of rotatable bonds is 1. The highest BCUT2D eigenvalue weighted by Gasteiger charge is 2.25. The van der Waals surface area contributed by atoms with E-state index in [1.54, 1.807) is 4.57 Å². The third-order valence-electron chi connectivity index (χ3n) is 4.33. The summed E-state index contributed by atoms with van der Waals surface area (Å²) in [5.74, 6) is 1.33. The summed E-state index contributed by atoms with van der Waals surface area (Å²) in [5, 5.41) is 10.6. The molecular formula is C13H17N5O. The van der Waals surface area contributed by atoms with Gasteiger partial charge in [0.15, 0.2) is 5.52 Å². The lowest BCUT2D eigenvalue weighted by Gasteiger charge is -2.18. The van der Waals surface area contributed by atoms with Crippen LogP contribution in [0.5, 0.6) is 0 Å². The number of aromatic nitrogens is 4. The molecule has 2 aromatic rings. The third-order valence-corrected chi connectivity index (χ3v) is 4.33. The average Bonchev–Trinajstić information content (AvgIpc) is 3.07. The topological polar surface area (TPSA) is 75.6 Å². The number of aromatic amines is 1. The molecule has 3 heterocycles. The zero-order valence-electron chi connectivity index (χ0n) is 10.8. The molecule has 0 bridgehead atoms. The molecule has 0 radical (unpaired) electrons. The zero-order valence-corrected chi connectivity index (χ0v) is 10.8. The van der Waals surface area contributed by atoms with Crippen molar-refractivity contribution >= 4 is 11.0 Å². The summed E-state index contributed by atoms with van der Waals surface area (Å²) in [6.45, 7) is 2.17. The van der Waals surface area contributed by atoms with E-state index in [2.05, 4.69) is 20.5 Å². The Morgan fingerprint density at radius 1 is 1.21 bits per heavy atom. The van der Waals surface area contributed by atoms with Crippen LogP contribution in [0.3, 0.4) is 0 Å². The first-order valence-corrected chi connectivity index (χ1v) is 7.03. The van der Waals surface area contributed by atoms with E-state index in [9.17, 15) is 4.79 Å². The molecule has 0 spiro atoms. The Morgan fingerprint density at radius 2 is 2.05 bits per heavy atom. The maximum Gasteiger partial charge on any atom is 0.282 e. The van der Waals surface area contributed by atoms with E-state index in [4.69, 9.17) is 0 Å². The Bertz CT molecular complexity index is 680. The van der Waals surface area contributed by atoms with Crippen molar-refractivity contribution in [2.75, 3.05) is 6.54 Å². The minimum Gasteiger partial charge on any atom is -0.308 e. The average molecular weight is 259 g/mol. The van der Waals surface area contributed by atoms with Gasteiger partial charge in [0, 0.05) is 19.0 Å². The molecule has 0 unspecified atom stereocenters. The van der Waals surface area contributed by atoms with Crippen LogP contribution in [0.15, 0.2) is 4.79 Å². The van der Waals surface area contributed by atoms with E-state index in [1.165, 1.54) is 25.7 Å². The SMILES string of the molecule is O=c1c2n[nH]c(C3CCCC3)c2nc2n1CCNC2. The van der Waals surface area contributed by atoms with Crippen LogP contribution in [0, 0.1) is 0 Å². The molecule has 4 rings (SSSR count). The Morgan fingerprint density at radius 3 is 2.89 bits per heavy atom. The third kappa shape index (κ3) is 1.63. The lowest BCUT2D eigenvalue weighted by Crippen LogP contribution is -2.37. The molecule has 2 aromatic heterocycles. The van der Waals surface area contributed by atoms with E-state index in [-0.39, 0.29) is 5.56 Å². The Kier molecular flexibility index (Phi) is 2.44. The van der Waals surface area contributed by atoms with E-state index >= 15 is 0 Å². The molecule has 1 aliphatic heterocycles. The number of hydrogen-bond donors (Lipinski definition) is 2. The van der Waals surface area contributed by atoms with Gasteiger partial charge >= 0.3 is 0 Å². The van der Waals surface area contributed by atoms with Gasteiger partial charge in [0.2, 0.25) is 0 Å². The van der Waals surface area contributed by atoms with Gasteiger partial charge < -0.3 is 5.32 Å². The van der Waals surface area contributed by atoms with Crippen LogP contribution in [-0.2, 0) is 13.1 Å². The number of H-pyrrole nitrogens is 1. The van der Waals surface area contributed by atoms with Crippen LogP contribution in [0.1, 0.15) is 43.1 Å². The van der Waals surface area contributed by atoms with Crippen LogP contribution in [0.4, 0.5) is 0 Å². The summed E-state index contributed by atoms with van der Waals surface area (Å²) in [6, 6.07) is 0. The van der Waals surface area contributed by atoms with Crippen molar-refractivity contribution in [1.82, 2.24) is 25.1 Å². The maximum atomic E-state index is 12.4. The van der Waals surface area contributed by atoms with E-state index in [0.717, 1.165) is 23.6 Å². The lowest BCUT2D eigenvalue weighted by molar-refractivity contribution is 0.486. The van der Waals surface area contributed by atoms with Gasteiger partial charge in [-0.2, -0.15) is 5.10 Å². The molecule has 1 aliphatic carbocycles. The van der Waals surface area contributed by atoms with Crippen molar-refractivity contribution < 1.29 is 0 Å². The summed E-state index contributed by atoms with van der Waals surface area (Å²) in [5.41, 5.74) is 2.37. The quantitative estimate of drug-likeness (QED) is 0.797. The number of nitrogens with zero attached hydrogens (tertiary/aromatic N) is 3. The van der Waals surface area contributed by atoms with Crippen molar-refractivity contribution in [2.45, 2.75) is 44.7 Å². The number of nitrogens with one attached hydrogen (secondary N) is 2. The highest BCUT2D eigenvalue weighted by Crippen LogP contribution is 2.35. The minimum absolute atomic E-state index is 0.00185. The summed E-state index contributed by atoms with van der Waals surface area (Å²) < 4.78 is 1.75. The first-order valence-electron chi connectivity index (χ1n) is 7.03. The molecule has 1 fully saturated rings. The molecule has 2 N–H and O–H groups in total. The van der Waals surface area contributed by atoms with Gasteiger partial charge in [-0.25, -0.2) is 4.98 Å². The fourth-order valence-corrected chi connectivity index (χ4v) is 3.30. The van der Waals surface area contributed by atoms with Gasteiger partial charge in [0.05, 0.1) is 12.2 Å². The lowest BCUT2D eigenvalue weighted by atomic mass is 10.0. The van der Waals surface area contributed by atoms with E-state index in [0.29, 0.717) is 24.5 Å². The van der Waals surface area contributed by atoms with Crippen LogP contribution in [-0.4, -0.2) is 26.3 Å². The molecule has 6 heteroatoms. The van der Waals surface area contributed by atoms with E-state index in [1.807, 2.05) is 0 Å². The van der Waals surface area contributed by atoms with Crippen LogP contribution in [0.25, 0.3) is 11.0 Å². The first kappa shape index (κ1) is 11.2.